The lowest BCUT2D eigenvalue weighted by atomic mass is 10.1. The zero-order valence-corrected chi connectivity index (χ0v) is 15.4. The molecular weight excluding hydrogens is 336 g/mol. The maximum absolute atomic E-state index is 12.4. The summed E-state index contributed by atoms with van der Waals surface area (Å²) in [5, 5.41) is 2.66. The molecule has 1 atom stereocenters. The van der Waals surface area contributed by atoms with Crippen LogP contribution in [0.1, 0.15) is 46.0 Å². The Bertz CT molecular complexity index is 854. The van der Waals surface area contributed by atoms with Crippen LogP contribution < -0.4 is 10.1 Å². The van der Waals surface area contributed by atoms with Crippen LogP contribution in [0, 0.1) is 13.8 Å². The summed E-state index contributed by atoms with van der Waals surface area (Å²) in [6.45, 7) is 6.27. The van der Waals surface area contributed by atoms with Crippen LogP contribution in [-0.4, -0.2) is 35.9 Å². The number of carbonyl (C=O) groups excluding carboxylic acids is 3. The van der Waals surface area contributed by atoms with Gasteiger partial charge < -0.3 is 19.8 Å². The second-order valence-corrected chi connectivity index (χ2v) is 5.92. The molecule has 0 saturated carbocycles. The van der Waals surface area contributed by atoms with E-state index in [-0.39, 0.29) is 11.5 Å². The van der Waals surface area contributed by atoms with Gasteiger partial charge in [0.05, 0.1) is 12.8 Å². The van der Waals surface area contributed by atoms with Crippen molar-refractivity contribution < 1.29 is 23.9 Å². The van der Waals surface area contributed by atoms with E-state index >= 15 is 0 Å². The highest BCUT2D eigenvalue weighted by Gasteiger charge is 2.25. The van der Waals surface area contributed by atoms with Gasteiger partial charge in [0.15, 0.2) is 11.9 Å². The summed E-state index contributed by atoms with van der Waals surface area (Å²) >= 11 is 0. The van der Waals surface area contributed by atoms with E-state index in [1.54, 1.807) is 38.1 Å². The molecule has 26 heavy (non-hydrogen) atoms. The minimum Gasteiger partial charge on any atom is -0.495 e. The van der Waals surface area contributed by atoms with Gasteiger partial charge in [-0.25, -0.2) is 4.79 Å². The quantitative estimate of drug-likeness (QED) is 0.611. The van der Waals surface area contributed by atoms with E-state index in [2.05, 4.69) is 10.3 Å². The molecule has 0 aliphatic rings. The number of methoxy groups -OCH3 is 1. The average Bonchev–Trinajstić information content (AvgIpc) is 2.89. The van der Waals surface area contributed by atoms with Gasteiger partial charge in [-0.05, 0) is 45.4 Å². The maximum Gasteiger partial charge on any atom is 0.355 e. The third-order valence-corrected chi connectivity index (χ3v) is 4.01. The number of aromatic amines is 1. The van der Waals surface area contributed by atoms with Gasteiger partial charge in [0, 0.05) is 11.3 Å². The number of anilines is 1. The SMILES string of the molecule is COc1ccccc1NC(=O)C(C)OC(=O)c1[nH]c(C)c(C(C)=O)c1C. The number of ether oxygens (including phenoxy) is 2. The van der Waals surface area contributed by atoms with Crippen molar-refractivity contribution in [1.82, 2.24) is 4.98 Å². The number of aromatic nitrogens is 1. The molecule has 1 unspecified atom stereocenters. The van der Waals surface area contributed by atoms with Gasteiger partial charge in [-0.3, -0.25) is 9.59 Å². The van der Waals surface area contributed by atoms with E-state index in [4.69, 9.17) is 9.47 Å². The van der Waals surface area contributed by atoms with Crippen molar-refractivity contribution in [3.63, 3.8) is 0 Å². The van der Waals surface area contributed by atoms with Crippen molar-refractivity contribution in [1.29, 1.82) is 0 Å². The molecule has 138 valence electrons. The van der Waals surface area contributed by atoms with Crippen LogP contribution >= 0.6 is 0 Å². The molecule has 0 spiro atoms. The minimum absolute atomic E-state index is 0.141. The Morgan fingerprint density at radius 2 is 1.81 bits per heavy atom. The number of hydrogen-bond acceptors (Lipinski definition) is 5. The molecule has 1 aromatic heterocycles. The Hall–Kier alpha value is -3.09. The van der Waals surface area contributed by atoms with E-state index in [1.165, 1.54) is 21.0 Å². The molecular formula is C19H22N2O5. The number of para-hydroxylation sites is 2. The zero-order valence-electron chi connectivity index (χ0n) is 15.4. The highest BCUT2D eigenvalue weighted by molar-refractivity contribution is 6.02. The first kappa shape index (κ1) is 19.2. The van der Waals surface area contributed by atoms with Crippen molar-refractivity contribution >= 4 is 23.3 Å². The molecule has 0 aliphatic heterocycles. The third kappa shape index (κ3) is 3.93. The van der Waals surface area contributed by atoms with Crippen LogP contribution in [0.5, 0.6) is 5.75 Å². The maximum atomic E-state index is 12.4. The number of aryl methyl sites for hydroxylation is 1. The molecule has 2 aromatic rings. The first-order valence-corrected chi connectivity index (χ1v) is 8.11. The molecule has 0 bridgehead atoms. The topological polar surface area (TPSA) is 97.5 Å². The van der Waals surface area contributed by atoms with Crippen molar-refractivity contribution in [2.45, 2.75) is 33.8 Å². The van der Waals surface area contributed by atoms with E-state index in [0.717, 1.165) is 0 Å². The monoisotopic (exact) mass is 358 g/mol. The van der Waals surface area contributed by atoms with E-state index in [1.807, 2.05) is 0 Å². The second kappa shape index (κ2) is 7.86. The van der Waals surface area contributed by atoms with E-state index < -0.39 is 18.0 Å². The van der Waals surface area contributed by atoms with Gasteiger partial charge in [-0.1, -0.05) is 12.1 Å². The second-order valence-electron chi connectivity index (χ2n) is 5.92. The van der Waals surface area contributed by atoms with Gasteiger partial charge >= 0.3 is 5.97 Å². The predicted octanol–water partition coefficient (Wildman–Crippen LogP) is 3.03. The highest BCUT2D eigenvalue weighted by Crippen LogP contribution is 2.24. The number of rotatable bonds is 6. The standard InChI is InChI=1S/C19H22N2O5/c1-10-16(12(3)22)11(2)20-17(10)19(24)26-13(4)18(23)21-14-8-6-7-9-15(14)25-5/h6-9,13,20H,1-5H3,(H,21,23). The molecule has 1 heterocycles. The molecule has 1 aromatic carbocycles. The Morgan fingerprint density at radius 3 is 2.38 bits per heavy atom. The van der Waals surface area contributed by atoms with Crippen LogP contribution in [0.25, 0.3) is 0 Å². The van der Waals surface area contributed by atoms with Crippen molar-refractivity contribution in [3.8, 4) is 5.75 Å². The summed E-state index contributed by atoms with van der Waals surface area (Å²) in [6, 6.07) is 6.92. The summed E-state index contributed by atoms with van der Waals surface area (Å²) in [6.07, 6.45) is -1.03. The summed E-state index contributed by atoms with van der Waals surface area (Å²) in [7, 11) is 1.50. The van der Waals surface area contributed by atoms with Gasteiger partial charge in [-0.15, -0.1) is 0 Å². The number of esters is 1. The lowest BCUT2D eigenvalue weighted by Crippen LogP contribution is -2.30. The molecule has 0 aliphatic carbocycles. The Kier molecular flexibility index (Phi) is 5.82. The summed E-state index contributed by atoms with van der Waals surface area (Å²) < 4.78 is 10.4. The number of Topliss-reactive ketones (excluding diaryl/α,β-unsaturated/α-hetero) is 1. The van der Waals surface area contributed by atoms with Crippen LogP contribution in [0.15, 0.2) is 24.3 Å². The van der Waals surface area contributed by atoms with E-state index in [0.29, 0.717) is 28.3 Å². The van der Waals surface area contributed by atoms with Gasteiger partial charge in [0.25, 0.3) is 5.91 Å². The predicted molar refractivity (Wildman–Crippen MR) is 96.8 cm³/mol. The number of H-pyrrole nitrogens is 1. The van der Waals surface area contributed by atoms with Gasteiger partial charge in [-0.2, -0.15) is 0 Å². The fourth-order valence-electron chi connectivity index (χ4n) is 2.74. The number of benzene rings is 1. The lowest BCUT2D eigenvalue weighted by Gasteiger charge is -2.15. The molecule has 1 amide bonds. The van der Waals surface area contributed by atoms with Crippen molar-refractivity contribution in [2.24, 2.45) is 0 Å². The van der Waals surface area contributed by atoms with E-state index in [9.17, 15) is 14.4 Å². The Labute approximate surface area is 151 Å². The summed E-state index contributed by atoms with van der Waals surface area (Å²) in [5.41, 5.74) is 2.21. The first-order chi connectivity index (χ1) is 12.3. The van der Waals surface area contributed by atoms with Crippen LogP contribution in [0.3, 0.4) is 0 Å². The normalized spacial score (nSPS) is 11.6. The number of hydrogen-bond donors (Lipinski definition) is 2. The first-order valence-electron chi connectivity index (χ1n) is 8.11. The number of carbonyl (C=O) groups is 3. The Morgan fingerprint density at radius 1 is 1.15 bits per heavy atom. The summed E-state index contributed by atoms with van der Waals surface area (Å²) in [4.78, 5) is 39.2. The number of ketones is 1. The fraction of sp³-hybridized carbons (Fsp3) is 0.316. The fourth-order valence-corrected chi connectivity index (χ4v) is 2.74. The average molecular weight is 358 g/mol. The third-order valence-electron chi connectivity index (χ3n) is 4.01. The van der Waals surface area contributed by atoms with Crippen molar-refractivity contribution in [2.75, 3.05) is 12.4 Å². The molecule has 0 radical (unpaired) electrons. The lowest BCUT2D eigenvalue weighted by molar-refractivity contribution is -0.123. The summed E-state index contributed by atoms with van der Waals surface area (Å²) in [5.74, 6) is -0.824. The Balaban J connectivity index is 2.11. The van der Waals surface area contributed by atoms with Crippen molar-refractivity contribution in [3.05, 3.63) is 46.8 Å². The zero-order chi connectivity index (χ0) is 19.4. The molecule has 7 nitrogen and oxygen atoms in total. The molecule has 0 saturated heterocycles. The number of amides is 1. The number of nitrogens with one attached hydrogen (secondary N) is 2. The van der Waals surface area contributed by atoms with Crippen LogP contribution in [0.4, 0.5) is 5.69 Å². The molecule has 0 fully saturated rings. The highest BCUT2D eigenvalue weighted by atomic mass is 16.5. The van der Waals surface area contributed by atoms with Crippen LogP contribution in [0.2, 0.25) is 0 Å². The molecule has 2 N–H and O–H groups in total. The smallest absolute Gasteiger partial charge is 0.355 e. The molecule has 7 heteroatoms. The molecule has 2 rings (SSSR count). The largest absolute Gasteiger partial charge is 0.495 e. The van der Waals surface area contributed by atoms with Gasteiger partial charge in [0.2, 0.25) is 0 Å². The minimum atomic E-state index is -1.03. The van der Waals surface area contributed by atoms with Crippen LogP contribution in [-0.2, 0) is 9.53 Å². The van der Waals surface area contributed by atoms with Gasteiger partial charge in [0.1, 0.15) is 11.4 Å².